The summed E-state index contributed by atoms with van der Waals surface area (Å²) in [6.07, 6.45) is 3.98. The number of carbonyl (C=O) groups excluding carboxylic acids is 1. The van der Waals surface area contributed by atoms with E-state index >= 15 is 0 Å². The van der Waals surface area contributed by atoms with Gasteiger partial charge in [0.2, 0.25) is 5.91 Å². The van der Waals surface area contributed by atoms with Crippen molar-refractivity contribution >= 4 is 5.91 Å². The zero-order valence-corrected chi connectivity index (χ0v) is 17.8. The second-order valence-electron chi connectivity index (χ2n) is 9.64. The van der Waals surface area contributed by atoms with Crippen LogP contribution in [0, 0.1) is 11.7 Å². The molecule has 3 atom stereocenters. The third-order valence-corrected chi connectivity index (χ3v) is 7.54. The maximum atomic E-state index is 14.2. The Labute approximate surface area is 183 Å². The number of carbonyl (C=O) groups is 1. The lowest BCUT2D eigenvalue weighted by Crippen LogP contribution is -2.50. The van der Waals surface area contributed by atoms with Crippen molar-refractivity contribution in [2.45, 2.75) is 43.8 Å². The van der Waals surface area contributed by atoms with E-state index in [1.165, 1.54) is 16.7 Å². The minimum absolute atomic E-state index is 0.0860. The smallest absolute Gasteiger partial charge is 0.225 e. The van der Waals surface area contributed by atoms with E-state index in [-0.39, 0.29) is 23.9 Å². The Bertz CT molecular complexity index is 997. The summed E-state index contributed by atoms with van der Waals surface area (Å²) in [5, 5.41) is 0. The van der Waals surface area contributed by atoms with Crippen LogP contribution in [0.25, 0.3) is 0 Å². The molecule has 0 N–H and O–H groups in total. The van der Waals surface area contributed by atoms with Crippen LogP contribution in [0.4, 0.5) is 4.39 Å². The highest BCUT2D eigenvalue weighted by Crippen LogP contribution is 2.49. The van der Waals surface area contributed by atoms with Crippen molar-refractivity contribution in [2.24, 2.45) is 5.92 Å². The molecule has 2 aromatic carbocycles. The molecule has 1 amide bonds. The molecule has 4 nitrogen and oxygen atoms in total. The minimum Gasteiger partial charge on any atom is -0.368 e. The van der Waals surface area contributed by atoms with Crippen LogP contribution in [0.15, 0.2) is 42.5 Å². The van der Waals surface area contributed by atoms with Gasteiger partial charge in [0.1, 0.15) is 5.82 Å². The van der Waals surface area contributed by atoms with Crippen LogP contribution < -0.4 is 0 Å². The maximum Gasteiger partial charge on any atom is 0.225 e. The first-order valence-corrected chi connectivity index (χ1v) is 11.7. The number of amides is 1. The summed E-state index contributed by atoms with van der Waals surface area (Å²) >= 11 is 0. The highest BCUT2D eigenvalue weighted by Gasteiger charge is 2.42. The van der Waals surface area contributed by atoms with Crippen LogP contribution in [0.2, 0.25) is 0 Å². The van der Waals surface area contributed by atoms with E-state index in [1.807, 2.05) is 11.0 Å². The lowest BCUT2D eigenvalue weighted by Gasteiger charge is -2.36. The molecule has 162 valence electrons. The predicted octanol–water partition coefficient (Wildman–Crippen LogP) is 3.90. The normalized spacial score (nSPS) is 27.9. The molecule has 6 rings (SSSR count). The molecule has 5 heteroatoms. The largest absolute Gasteiger partial charge is 0.368 e. The van der Waals surface area contributed by atoms with Gasteiger partial charge in [-0.25, -0.2) is 4.39 Å². The van der Waals surface area contributed by atoms with E-state index in [9.17, 15) is 9.18 Å². The lowest BCUT2D eigenvalue weighted by atomic mass is 9.87. The van der Waals surface area contributed by atoms with Gasteiger partial charge < -0.3 is 9.64 Å². The zero-order valence-electron chi connectivity index (χ0n) is 17.8. The van der Waals surface area contributed by atoms with Gasteiger partial charge in [-0.15, -0.1) is 0 Å². The molecule has 2 aliphatic heterocycles. The van der Waals surface area contributed by atoms with Crippen LogP contribution in [0.3, 0.4) is 0 Å². The topological polar surface area (TPSA) is 32.8 Å². The van der Waals surface area contributed by atoms with Crippen molar-refractivity contribution in [1.29, 1.82) is 0 Å². The van der Waals surface area contributed by atoms with Crippen LogP contribution >= 0.6 is 0 Å². The van der Waals surface area contributed by atoms with Gasteiger partial charge in [0, 0.05) is 44.6 Å². The van der Waals surface area contributed by atoms with Gasteiger partial charge in [0.15, 0.2) is 0 Å². The molecule has 0 spiro atoms. The number of benzene rings is 2. The first-order chi connectivity index (χ1) is 15.2. The summed E-state index contributed by atoms with van der Waals surface area (Å²) in [5.41, 5.74) is 4.88. The number of piperazine rings is 1. The number of hydrogen-bond donors (Lipinski definition) is 0. The quantitative estimate of drug-likeness (QED) is 0.755. The molecule has 0 radical (unpaired) electrons. The monoisotopic (exact) mass is 420 g/mol. The molecular weight excluding hydrogens is 391 g/mol. The van der Waals surface area contributed by atoms with E-state index in [0.717, 1.165) is 64.0 Å². The third-order valence-electron chi connectivity index (χ3n) is 7.54. The molecular formula is C26H29FN2O2. The summed E-state index contributed by atoms with van der Waals surface area (Å²) < 4.78 is 20.8. The van der Waals surface area contributed by atoms with Crippen molar-refractivity contribution in [3.05, 3.63) is 70.5 Å². The predicted molar refractivity (Wildman–Crippen MR) is 116 cm³/mol. The van der Waals surface area contributed by atoms with Crippen LogP contribution in [0.1, 0.15) is 53.5 Å². The number of halogens is 1. The summed E-state index contributed by atoms with van der Waals surface area (Å²) in [4.78, 5) is 16.8. The van der Waals surface area contributed by atoms with Gasteiger partial charge in [-0.2, -0.15) is 0 Å². The number of fused-ring (bicyclic) bond motifs is 5. The van der Waals surface area contributed by atoms with Gasteiger partial charge in [0.05, 0.1) is 12.2 Å². The summed E-state index contributed by atoms with van der Waals surface area (Å²) in [7, 11) is 0. The van der Waals surface area contributed by atoms with Gasteiger partial charge in [-0.05, 0) is 60.1 Å². The highest BCUT2D eigenvalue weighted by molar-refractivity contribution is 5.81. The van der Waals surface area contributed by atoms with Gasteiger partial charge >= 0.3 is 0 Å². The molecule has 2 aromatic rings. The molecule has 4 aliphatic rings. The average molecular weight is 421 g/mol. The number of nitrogens with zero attached hydrogens (tertiary/aromatic N) is 2. The lowest BCUT2D eigenvalue weighted by molar-refractivity contribution is -0.134. The first kappa shape index (κ1) is 19.4. The van der Waals surface area contributed by atoms with E-state index in [4.69, 9.17) is 4.74 Å². The third kappa shape index (κ3) is 3.68. The molecule has 0 bridgehead atoms. The molecule has 3 unspecified atom stereocenters. The Kier molecular flexibility index (Phi) is 4.84. The van der Waals surface area contributed by atoms with Gasteiger partial charge in [0.25, 0.3) is 0 Å². The molecule has 0 aromatic heterocycles. The molecule has 3 fully saturated rings. The molecule has 2 aliphatic carbocycles. The van der Waals surface area contributed by atoms with E-state index in [2.05, 4.69) is 29.2 Å². The maximum absolute atomic E-state index is 14.2. The van der Waals surface area contributed by atoms with Crippen molar-refractivity contribution in [3.63, 3.8) is 0 Å². The van der Waals surface area contributed by atoms with Crippen LogP contribution in [0.5, 0.6) is 0 Å². The molecule has 2 heterocycles. The van der Waals surface area contributed by atoms with E-state index in [1.54, 1.807) is 12.1 Å². The van der Waals surface area contributed by atoms with Crippen LogP contribution in [-0.4, -0.2) is 54.5 Å². The standard InChI is InChI=1S/C26H29FN2O2/c27-20-8-7-19-13-18-3-1-2-4-22(18)24-15-21(31-25(24)23(19)14-20)16-28-9-11-29(12-10-28)26(30)17-5-6-17/h1-4,7-8,14,17,21,24-25H,5-6,9-13,15-16H2. The van der Waals surface area contributed by atoms with Gasteiger partial charge in [-0.3, -0.25) is 9.69 Å². The van der Waals surface area contributed by atoms with Crippen LogP contribution in [-0.2, 0) is 16.0 Å². The fourth-order valence-corrected chi connectivity index (χ4v) is 5.74. The average Bonchev–Trinajstić information content (AvgIpc) is 3.57. The Morgan fingerprint density at radius 3 is 2.58 bits per heavy atom. The first-order valence-electron chi connectivity index (χ1n) is 11.7. The summed E-state index contributed by atoms with van der Waals surface area (Å²) in [6, 6.07) is 13.8. The van der Waals surface area contributed by atoms with E-state index in [0.29, 0.717) is 11.8 Å². The SMILES string of the molecule is O=C(C1CC1)N1CCN(CC2CC3c4ccccc4Cc4ccc(F)cc4C3O2)CC1. The second-order valence-corrected chi connectivity index (χ2v) is 9.64. The van der Waals surface area contributed by atoms with E-state index < -0.39 is 0 Å². The van der Waals surface area contributed by atoms with Crippen molar-refractivity contribution in [3.8, 4) is 0 Å². The Hall–Kier alpha value is -2.24. The highest BCUT2D eigenvalue weighted by atomic mass is 19.1. The molecule has 31 heavy (non-hydrogen) atoms. The fourth-order valence-electron chi connectivity index (χ4n) is 5.74. The van der Waals surface area contributed by atoms with Crippen molar-refractivity contribution in [2.75, 3.05) is 32.7 Å². The Morgan fingerprint density at radius 2 is 1.77 bits per heavy atom. The summed E-state index contributed by atoms with van der Waals surface area (Å²) in [6.45, 7) is 4.35. The number of hydrogen-bond acceptors (Lipinski definition) is 3. The molecule has 1 saturated carbocycles. The molecule has 2 saturated heterocycles. The van der Waals surface area contributed by atoms with Crippen molar-refractivity contribution in [1.82, 2.24) is 9.80 Å². The minimum atomic E-state index is -0.188. The second kappa shape index (κ2) is 7.72. The summed E-state index contributed by atoms with van der Waals surface area (Å²) in [5.74, 6) is 0.737. The Balaban J connectivity index is 1.19. The number of ether oxygens (including phenoxy) is 1. The zero-order chi connectivity index (χ0) is 20.9. The van der Waals surface area contributed by atoms with Crippen molar-refractivity contribution < 1.29 is 13.9 Å². The van der Waals surface area contributed by atoms with Gasteiger partial charge in [-0.1, -0.05) is 30.3 Å². The Morgan fingerprint density at radius 1 is 1.00 bits per heavy atom. The fraction of sp³-hybridized carbons (Fsp3) is 0.500. The number of rotatable bonds is 3.